The van der Waals surface area contributed by atoms with Crippen molar-refractivity contribution in [1.82, 2.24) is 4.98 Å². The number of nitrogens with zero attached hydrogens (tertiary/aromatic N) is 1. The van der Waals surface area contributed by atoms with Crippen molar-refractivity contribution in [1.29, 1.82) is 0 Å². The number of halogens is 3. The lowest BCUT2D eigenvalue weighted by atomic mass is 10.2. The minimum Gasteiger partial charge on any atom is -0.478 e. The van der Waals surface area contributed by atoms with Crippen LogP contribution in [0.15, 0.2) is 34.9 Å². The third-order valence-electron chi connectivity index (χ3n) is 2.15. The zero-order chi connectivity index (χ0) is 14.0. The Kier molecular flexibility index (Phi) is 3.75. The van der Waals surface area contributed by atoms with E-state index < -0.39 is 23.5 Å². The Labute approximate surface area is 114 Å². The van der Waals surface area contributed by atoms with E-state index in [1.54, 1.807) is 0 Å². The van der Waals surface area contributed by atoms with Gasteiger partial charge in [0, 0.05) is 10.5 Å². The molecule has 1 aromatic carbocycles. The normalized spacial score (nSPS) is 10.3. The molecule has 0 aliphatic carbocycles. The molecule has 2 rings (SSSR count). The van der Waals surface area contributed by atoms with E-state index >= 15 is 0 Å². The zero-order valence-electron chi connectivity index (χ0n) is 9.23. The number of aromatic nitrogens is 1. The van der Waals surface area contributed by atoms with Crippen LogP contribution in [0.1, 0.15) is 10.4 Å². The van der Waals surface area contributed by atoms with E-state index in [-0.39, 0.29) is 11.3 Å². The highest BCUT2D eigenvalue weighted by molar-refractivity contribution is 9.10. The first-order valence-corrected chi connectivity index (χ1v) is 5.78. The summed E-state index contributed by atoms with van der Waals surface area (Å²) in [6.07, 6.45) is 0.776. The van der Waals surface area contributed by atoms with Crippen LogP contribution in [0.25, 0.3) is 0 Å². The van der Waals surface area contributed by atoms with Crippen molar-refractivity contribution in [3.05, 3.63) is 52.1 Å². The van der Waals surface area contributed by atoms with Crippen molar-refractivity contribution in [2.45, 2.75) is 0 Å². The summed E-state index contributed by atoms with van der Waals surface area (Å²) in [6, 6.07) is 4.78. The lowest BCUT2D eigenvalue weighted by molar-refractivity contribution is 0.0694. The molecule has 0 unspecified atom stereocenters. The number of hydrogen-bond donors (Lipinski definition) is 1. The van der Waals surface area contributed by atoms with Crippen LogP contribution in [0, 0.1) is 11.6 Å². The fourth-order valence-electron chi connectivity index (χ4n) is 1.34. The van der Waals surface area contributed by atoms with Gasteiger partial charge in [-0.25, -0.2) is 18.6 Å². The minimum atomic E-state index is -1.24. The zero-order valence-corrected chi connectivity index (χ0v) is 10.8. The van der Waals surface area contributed by atoms with E-state index in [0.29, 0.717) is 10.5 Å². The first kappa shape index (κ1) is 13.4. The molecule has 0 aliphatic heterocycles. The topological polar surface area (TPSA) is 59.4 Å². The van der Waals surface area contributed by atoms with Gasteiger partial charge in [0.15, 0.2) is 5.82 Å². The number of benzene rings is 1. The van der Waals surface area contributed by atoms with Crippen LogP contribution >= 0.6 is 15.9 Å². The van der Waals surface area contributed by atoms with Gasteiger partial charge in [0.25, 0.3) is 5.88 Å². The molecule has 0 bridgehead atoms. The predicted molar refractivity (Wildman–Crippen MR) is 65.3 cm³/mol. The molecular formula is C12H6BrF2NO3. The number of ether oxygens (including phenoxy) is 1. The van der Waals surface area contributed by atoms with E-state index in [9.17, 15) is 13.6 Å². The molecule has 1 N–H and O–H groups in total. The molecule has 0 aliphatic rings. The van der Waals surface area contributed by atoms with Crippen LogP contribution in [0.3, 0.4) is 0 Å². The molecule has 19 heavy (non-hydrogen) atoms. The smallest absolute Gasteiger partial charge is 0.339 e. The Bertz CT molecular complexity index is 649. The molecule has 98 valence electrons. The average molecular weight is 330 g/mol. The van der Waals surface area contributed by atoms with Crippen molar-refractivity contribution in [3.63, 3.8) is 0 Å². The van der Waals surface area contributed by atoms with Gasteiger partial charge in [-0.3, -0.25) is 0 Å². The summed E-state index contributed by atoms with van der Waals surface area (Å²) < 4.78 is 31.6. The Balaban J connectivity index is 2.40. The summed E-state index contributed by atoms with van der Waals surface area (Å²) >= 11 is 3.12. The molecule has 1 heterocycles. The standard InChI is InChI=1S/C12H6BrF2NO3/c13-6-1-2-10(8(3-6)12(17)18)19-11-9(15)4-7(14)5-16-11/h1-5H,(H,17,18). The maximum absolute atomic E-state index is 13.4. The first-order valence-electron chi connectivity index (χ1n) is 4.99. The number of pyridine rings is 1. The minimum absolute atomic E-state index is 0.0892. The summed E-state index contributed by atoms with van der Waals surface area (Å²) in [5, 5.41) is 9.01. The monoisotopic (exact) mass is 329 g/mol. The van der Waals surface area contributed by atoms with Gasteiger partial charge >= 0.3 is 5.97 Å². The fourth-order valence-corrected chi connectivity index (χ4v) is 1.70. The third kappa shape index (κ3) is 3.05. The number of rotatable bonds is 3. The maximum atomic E-state index is 13.4. The molecule has 7 heteroatoms. The summed E-state index contributed by atoms with van der Waals surface area (Å²) in [6.45, 7) is 0. The number of hydrogen-bond acceptors (Lipinski definition) is 3. The highest BCUT2D eigenvalue weighted by Crippen LogP contribution is 2.28. The van der Waals surface area contributed by atoms with Gasteiger partial charge in [-0.2, -0.15) is 0 Å². The summed E-state index contributed by atoms with van der Waals surface area (Å²) in [5.41, 5.74) is -0.167. The van der Waals surface area contributed by atoms with Gasteiger partial charge in [-0.1, -0.05) is 15.9 Å². The second-order valence-corrected chi connectivity index (χ2v) is 4.40. The van der Waals surface area contributed by atoms with Gasteiger partial charge in [0.1, 0.15) is 17.1 Å². The van der Waals surface area contributed by atoms with Gasteiger partial charge < -0.3 is 9.84 Å². The Morgan fingerprint density at radius 2 is 2.05 bits per heavy atom. The number of aromatic carboxylic acids is 1. The Morgan fingerprint density at radius 3 is 2.68 bits per heavy atom. The van der Waals surface area contributed by atoms with Crippen LogP contribution in [-0.4, -0.2) is 16.1 Å². The van der Waals surface area contributed by atoms with E-state index in [1.165, 1.54) is 18.2 Å². The number of carboxylic acids is 1. The molecular weight excluding hydrogens is 324 g/mol. The van der Waals surface area contributed by atoms with Gasteiger partial charge in [0.05, 0.1) is 6.20 Å². The predicted octanol–water partition coefficient (Wildman–Crippen LogP) is 3.61. The molecule has 1 aromatic heterocycles. The number of carbonyl (C=O) groups is 1. The largest absolute Gasteiger partial charge is 0.478 e. The van der Waals surface area contributed by atoms with E-state index in [2.05, 4.69) is 20.9 Å². The highest BCUT2D eigenvalue weighted by atomic mass is 79.9. The molecule has 0 amide bonds. The van der Waals surface area contributed by atoms with Gasteiger partial charge in [0.2, 0.25) is 0 Å². The summed E-state index contributed by atoms with van der Waals surface area (Å²) in [5.74, 6) is -3.68. The van der Waals surface area contributed by atoms with E-state index in [1.807, 2.05) is 0 Å². The quantitative estimate of drug-likeness (QED) is 0.934. The molecule has 0 spiro atoms. The first-order chi connectivity index (χ1) is 8.97. The Morgan fingerprint density at radius 1 is 1.32 bits per heavy atom. The molecule has 0 radical (unpaired) electrons. The molecule has 0 saturated heterocycles. The lowest BCUT2D eigenvalue weighted by Gasteiger charge is -2.08. The van der Waals surface area contributed by atoms with Crippen molar-refractivity contribution in [2.75, 3.05) is 0 Å². The fraction of sp³-hybridized carbons (Fsp3) is 0. The van der Waals surface area contributed by atoms with Crippen molar-refractivity contribution in [2.24, 2.45) is 0 Å². The van der Waals surface area contributed by atoms with Crippen LogP contribution in [-0.2, 0) is 0 Å². The maximum Gasteiger partial charge on any atom is 0.339 e. The summed E-state index contributed by atoms with van der Waals surface area (Å²) in [4.78, 5) is 14.4. The van der Waals surface area contributed by atoms with Gasteiger partial charge in [-0.05, 0) is 18.2 Å². The SMILES string of the molecule is O=C(O)c1cc(Br)ccc1Oc1ncc(F)cc1F. The van der Waals surface area contributed by atoms with Crippen LogP contribution in [0.5, 0.6) is 11.6 Å². The summed E-state index contributed by atoms with van der Waals surface area (Å²) in [7, 11) is 0. The van der Waals surface area contributed by atoms with Crippen LogP contribution in [0.2, 0.25) is 0 Å². The molecule has 4 nitrogen and oxygen atoms in total. The average Bonchev–Trinajstić information content (AvgIpc) is 2.34. The van der Waals surface area contributed by atoms with Crippen molar-refractivity contribution >= 4 is 21.9 Å². The van der Waals surface area contributed by atoms with Crippen LogP contribution < -0.4 is 4.74 Å². The lowest BCUT2D eigenvalue weighted by Crippen LogP contribution is -2.01. The second-order valence-electron chi connectivity index (χ2n) is 3.49. The van der Waals surface area contributed by atoms with Crippen molar-refractivity contribution < 1.29 is 23.4 Å². The van der Waals surface area contributed by atoms with Crippen molar-refractivity contribution in [3.8, 4) is 11.6 Å². The van der Waals surface area contributed by atoms with E-state index in [0.717, 1.165) is 6.20 Å². The molecule has 0 fully saturated rings. The van der Waals surface area contributed by atoms with Crippen LogP contribution in [0.4, 0.5) is 8.78 Å². The number of carboxylic acid groups (broad SMARTS) is 1. The molecule has 2 aromatic rings. The molecule has 0 saturated carbocycles. The third-order valence-corrected chi connectivity index (χ3v) is 2.65. The molecule has 0 atom stereocenters. The highest BCUT2D eigenvalue weighted by Gasteiger charge is 2.15. The van der Waals surface area contributed by atoms with Gasteiger partial charge in [-0.15, -0.1) is 0 Å². The Hall–Kier alpha value is -2.02. The second kappa shape index (κ2) is 5.31. The van der Waals surface area contributed by atoms with E-state index in [4.69, 9.17) is 9.84 Å².